The number of rotatable bonds is 6. The maximum absolute atomic E-state index is 11.9. The first-order valence-electron chi connectivity index (χ1n) is 9.77. The predicted molar refractivity (Wildman–Crippen MR) is 105 cm³/mol. The zero-order chi connectivity index (χ0) is 23.4. The van der Waals surface area contributed by atoms with E-state index >= 15 is 0 Å². The lowest BCUT2D eigenvalue weighted by molar-refractivity contribution is -0.269. The number of carbonyl (C=O) groups is 4. The average Bonchev–Trinajstić information content (AvgIpc) is 3.12. The Labute approximate surface area is 182 Å². The molecule has 12 heteroatoms. The summed E-state index contributed by atoms with van der Waals surface area (Å²) in [6.45, 7) is 4.38. The number of nitrogens with zero attached hydrogens (tertiary/aromatic N) is 3. The standard InChI is InChI=1S/C20H23N3O9/c1-10(24)28-9-16-17(29-11(2)25)18(30-12(3)26)19(31-13(4)27)20(32-16)23-15-8-6-5-7-14(15)21-22-23/h5-8,16-20H,9H2,1-4H3/t16-,17+,18+,19-,20-/m1/s1. The van der Waals surface area contributed by atoms with Gasteiger partial charge in [0.15, 0.2) is 24.5 Å². The number of para-hydroxylation sites is 1. The molecule has 5 atom stereocenters. The number of carbonyl (C=O) groups excluding carboxylic acids is 4. The topological polar surface area (TPSA) is 145 Å². The molecule has 12 nitrogen and oxygen atoms in total. The Morgan fingerprint density at radius 1 is 0.875 bits per heavy atom. The molecule has 1 fully saturated rings. The summed E-state index contributed by atoms with van der Waals surface area (Å²) in [4.78, 5) is 47.0. The smallest absolute Gasteiger partial charge is 0.303 e. The van der Waals surface area contributed by atoms with Crippen molar-refractivity contribution in [3.05, 3.63) is 24.3 Å². The summed E-state index contributed by atoms with van der Waals surface area (Å²) in [6, 6.07) is 6.98. The zero-order valence-electron chi connectivity index (χ0n) is 17.9. The fourth-order valence-electron chi connectivity index (χ4n) is 3.48. The molecule has 0 N–H and O–H groups in total. The van der Waals surface area contributed by atoms with Crippen molar-refractivity contribution in [3.8, 4) is 0 Å². The third kappa shape index (κ3) is 5.19. The summed E-state index contributed by atoms with van der Waals surface area (Å²) in [6.07, 6.45) is -5.96. The number of hydrogen-bond donors (Lipinski definition) is 0. The molecule has 0 amide bonds. The van der Waals surface area contributed by atoms with Crippen LogP contribution >= 0.6 is 0 Å². The summed E-state index contributed by atoms with van der Waals surface area (Å²) in [5.41, 5.74) is 1.09. The van der Waals surface area contributed by atoms with E-state index in [2.05, 4.69) is 10.3 Å². The molecule has 1 aliphatic rings. The molecule has 0 saturated carbocycles. The SMILES string of the molecule is CC(=O)OC[C@H]1O[C@@H](n2nnc3ccccc32)[C@H](OC(C)=O)[C@@H](OC(C)=O)[C@H]1OC(C)=O. The van der Waals surface area contributed by atoms with Crippen LogP contribution in [0.2, 0.25) is 0 Å². The molecule has 0 unspecified atom stereocenters. The van der Waals surface area contributed by atoms with Gasteiger partial charge in [-0.15, -0.1) is 5.10 Å². The number of fused-ring (bicyclic) bond motifs is 1. The number of aromatic nitrogens is 3. The van der Waals surface area contributed by atoms with Crippen LogP contribution in [0.25, 0.3) is 11.0 Å². The highest BCUT2D eigenvalue weighted by atomic mass is 16.7. The summed E-state index contributed by atoms with van der Waals surface area (Å²) >= 11 is 0. The molecule has 2 aromatic rings. The van der Waals surface area contributed by atoms with Gasteiger partial charge >= 0.3 is 23.9 Å². The number of esters is 4. The van der Waals surface area contributed by atoms with Gasteiger partial charge in [-0.25, -0.2) is 4.68 Å². The lowest BCUT2D eigenvalue weighted by Crippen LogP contribution is -2.60. The predicted octanol–water partition coefficient (Wildman–Crippen LogP) is 0.687. The number of hydrogen-bond acceptors (Lipinski definition) is 11. The summed E-state index contributed by atoms with van der Waals surface area (Å²) in [7, 11) is 0. The lowest BCUT2D eigenvalue weighted by Gasteiger charge is -2.44. The van der Waals surface area contributed by atoms with E-state index in [0.29, 0.717) is 11.0 Å². The van der Waals surface area contributed by atoms with Crippen molar-refractivity contribution in [1.29, 1.82) is 0 Å². The van der Waals surface area contributed by atoms with Crippen molar-refractivity contribution in [1.82, 2.24) is 15.0 Å². The van der Waals surface area contributed by atoms with Crippen LogP contribution < -0.4 is 0 Å². The molecule has 1 aliphatic heterocycles. The molecule has 0 spiro atoms. The van der Waals surface area contributed by atoms with Crippen molar-refractivity contribution in [2.45, 2.75) is 58.3 Å². The van der Waals surface area contributed by atoms with Crippen molar-refractivity contribution in [2.75, 3.05) is 6.61 Å². The van der Waals surface area contributed by atoms with Gasteiger partial charge in [-0.05, 0) is 12.1 Å². The molecule has 1 saturated heterocycles. The second-order valence-electron chi connectivity index (χ2n) is 7.11. The van der Waals surface area contributed by atoms with Gasteiger partial charge in [0.25, 0.3) is 0 Å². The van der Waals surface area contributed by atoms with Gasteiger partial charge in [-0.1, -0.05) is 17.3 Å². The van der Waals surface area contributed by atoms with Crippen LogP contribution in [0.1, 0.15) is 33.9 Å². The van der Waals surface area contributed by atoms with Gasteiger partial charge in [0, 0.05) is 27.7 Å². The maximum atomic E-state index is 11.9. The fraction of sp³-hybridized carbons (Fsp3) is 0.500. The summed E-state index contributed by atoms with van der Waals surface area (Å²) in [5, 5.41) is 8.17. The minimum absolute atomic E-state index is 0.318. The second kappa shape index (κ2) is 9.73. The quantitative estimate of drug-likeness (QED) is 0.453. The molecular weight excluding hydrogens is 426 g/mol. The van der Waals surface area contributed by atoms with Crippen molar-refractivity contribution in [3.63, 3.8) is 0 Å². The molecule has 1 aromatic carbocycles. The normalized spacial score (nSPS) is 25.1. The molecule has 0 aliphatic carbocycles. The van der Waals surface area contributed by atoms with E-state index in [0.717, 1.165) is 13.8 Å². The van der Waals surface area contributed by atoms with Gasteiger partial charge in [-0.2, -0.15) is 0 Å². The first kappa shape index (κ1) is 23.1. The lowest BCUT2D eigenvalue weighted by atomic mass is 9.97. The van der Waals surface area contributed by atoms with E-state index in [1.165, 1.54) is 18.5 Å². The van der Waals surface area contributed by atoms with Crippen molar-refractivity contribution >= 4 is 34.9 Å². The van der Waals surface area contributed by atoms with Crippen LogP contribution in [-0.2, 0) is 42.9 Å². The van der Waals surface area contributed by atoms with Crippen LogP contribution in [0.3, 0.4) is 0 Å². The highest BCUT2D eigenvalue weighted by Gasteiger charge is 2.53. The summed E-state index contributed by atoms with van der Waals surface area (Å²) < 4.78 is 28.7. The van der Waals surface area contributed by atoms with E-state index < -0.39 is 54.5 Å². The molecule has 1 aromatic heterocycles. The molecule has 2 heterocycles. The zero-order valence-corrected chi connectivity index (χ0v) is 17.9. The van der Waals surface area contributed by atoms with Gasteiger partial charge in [-0.3, -0.25) is 19.2 Å². The monoisotopic (exact) mass is 449 g/mol. The van der Waals surface area contributed by atoms with Crippen LogP contribution in [-0.4, -0.2) is 69.9 Å². The van der Waals surface area contributed by atoms with Gasteiger partial charge < -0.3 is 23.7 Å². The van der Waals surface area contributed by atoms with Crippen molar-refractivity contribution in [2.24, 2.45) is 0 Å². The number of benzene rings is 1. The maximum Gasteiger partial charge on any atom is 0.303 e. The Hall–Kier alpha value is -3.54. The third-order valence-electron chi connectivity index (χ3n) is 4.58. The van der Waals surface area contributed by atoms with Crippen molar-refractivity contribution < 1.29 is 42.9 Å². The van der Waals surface area contributed by atoms with Crippen LogP contribution in [0, 0.1) is 0 Å². The molecule has 0 bridgehead atoms. The van der Waals surface area contributed by atoms with Gasteiger partial charge in [0.1, 0.15) is 18.2 Å². The van der Waals surface area contributed by atoms with Crippen LogP contribution in [0.4, 0.5) is 0 Å². The van der Waals surface area contributed by atoms with E-state index in [4.69, 9.17) is 23.7 Å². The first-order valence-corrected chi connectivity index (χ1v) is 9.77. The van der Waals surface area contributed by atoms with E-state index in [9.17, 15) is 19.2 Å². The van der Waals surface area contributed by atoms with Crippen LogP contribution in [0.5, 0.6) is 0 Å². The Balaban J connectivity index is 2.10. The highest BCUT2D eigenvalue weighted by Crippen LogP contribution is 2.35. The largest absolute Gasteiger partial charge is 0.463 e. The second-order valence-corrected chi connectivity index (χ2v) is 7.11. The minimum Gasteiger partial charge on any atom is -0.463 e. The molecule has 32 heavy (non-hydrogen) atoms. The third-order valence-corrected chi connectivity index (χ3v) is 4.58. The molecule has 0 radical (unpaired) electrons. The number of ether oxygens (including phenoxy) is 5. The molecular formula is C20H23N3O9. The van der Waals surface area contributed by atoms with Gasteiger partial charge in [0.2, 0.25) is 0 Å². The minimum atomic E-state index is -1.28. The fourth-order valence-corrected chi connectivity index (χ4v) is 3.48. The Bertz CT molecular complexity index is 1020. The molecule has 3 rings (SSSR count). The van der Waals surface area contributed by atoms with Gasteiger partial charge in [0.05, 0.1) is 5.52 Å². The highest BCUT2D eigenvalue weighted by molar-refractivity contribution is 5.74. The van der Waals surface area contributed by atoms with E-state index in [1.807, 2.05) is 0 Å². The van der Waals surface area contributed by atoms with Crippen LogP contribution in [0.15, 0.2) is 24.3 Å². The average molecular weight is 449 g/mol. The summed E-state index contributed by atoms with van der Waals surface area (Å²) in [5.74, 6) is -2.69. The molecule has 172 valence electrons. The Morgan fingerprint density at radius 3 is 2.09 bits per heavy atom. The Kier molecular flexibility index (Phi) is 7.03. The Morgan fingerprint density at radius 2 is 1.47 bits per heavy atom. The van der Waals surface area contributed by atoms with E-state index in [-0.39, 0.29) is 6.61 Å². The first-order chi connectivity index (χ1) is 15.2. The van der Waals surface area contributed by atoms with E-state index in [1.54, 1.807) is 24.3 Å².